The van der Waals surface area contributed by atoms with E-state index >= 15 is 0 Å². The van der Waals surface area contributed by atoms with Crippen LogP contribution in [0.15, 0.2) is 48.5 Å². The molecule has 0 N–H and O–H groups in total. The summed E-state index contributed by atoms with van der Waals surface area (Å²) < 4.78 is 3.18. The topological polar surface area (TPSA) is 0 Å². The van der Waals surface area contributed by atoms with Crippen molar-refractivity contribution in [1.82, 2.24) is 0 Å². The summed E-state index contributed by atoms with van der Waals surface area (Å²) in [5, 5.41) is 0. The molecule has 102 valence electrons. The van der Waals surface area contributed by atoms with Crippen molar-refractivity contribution in [2.45, 2.75) is 23.0 Å². The SMILES string of the molecule is [CH3][Ge]([CH3])[c]1ccccc1/C=C\c1cccc[c]1[Ge]([CH3])[CH3]. The number of hydrogen-bond donors (Lipinski definition) is 0. The first-order chi connectivity index (χ1) is 9.59. The van der Waals surface area contributed by atoms with Crippen LogP contribution >= 0.6 is 0 Å². The van der Waals surface area contributed by atoms with Crippen molar-refractivity contribution in [3.05, 3.63) is 59.7 Å². The molecule has 20 heavy (non-hydrogen) atoms. The minimum atomic E-state index is -1.03. The maximum absolute atomic E-state index is 2.42. The standard InChI is InChI=1S/C18H22Ge2/c1-19(2)17-11-7-5-9-15(17)13-14-16-10-6-8-12-18(16)20(3)4/h5-14H,1-4H3/b14-13-. The summed E-state index contributed by atoms with van der Waals surface area (Å²) in [6.07, 6.45) is 4.63. The summed E-state index contributed by atoms with van der Waals surface area (Å²) in [7, 11) is 0. The van der Waals surface area contributed by atoms with Gasteiger partial charge in [-0.2, -0.15) is 0 Å². The molecule has 2 rings (SSSR count). The molecule has 2 aromatic rings. The van der Waals surface area contributed by atoms with Crippen molar-refractivity contribution in [1.29, 1.82) is 0 Å². The minimum absolute atomic E-state index is 1.03. The molecule has 0 heterocycles. The molecular formula is C18H22Ge2. The van der Waals surface area contributed by atoms with Crippen molar-refractivity contribution >= 4 is 49.6 Å². The quantitative estimate of drug-likeness (QED) is 0.557. The molecule has 0 saturated carbocycles. The van der Waals surface area contributed by atoms with E-state index < -0.39 is 28.7 Å². The van der Waals surface area contributed by atoms with Crippen LogP contribution < -0.4 is 8.79 Å². The zero-order valence-electron chi connectivity index (χ0n) is 12.8. The van der Waals surface area contributed by atoms with Gasteiger partial charge >= 0.3 is 132 Å². The third-order valence-electron chi connectivity index (χ3n) is 3.44. The van der Waals surface area contributed by atoms with E-state index in [0.717, 1.165) is 0 Å². The molecule has 0 fully saturated rings. The van der Waals surface area contributed by atoms with Gasteiger partial charge in [0.15, 0.2) is 0 Å². The van der Waals surface area contributed by atoms with Gasteiger partial charge in [0.1, 0.15) is 0 Å². The molecule has 0 atom stereocenters. The summed E-state index contributed by atoms with van der Waals surface area (Å²) in [6, 6.07) is 17.8. The van der Waals surface area contributed by atoms with Gasteiger partial charge in [-0.25, -0.2) is 0 Å². The van der Waals surface area contributed by atoms with Gasteiger partial charge < -0.3 is 0 Å². The summed E-state index contributed by atoms with van der Waals surface area (Å²) in [5.74, 6) is 9.68. The van der Waals surface area contributed by atoms with Crippen LogP contribution in [0.5, 0.6) is 0 Å². The number of rotatable bonds is 4. The molecule has 0 aliphatic carbocycles. The molecule has 2 heteroatoms. The van der Waals surface area contributed by atoms with E-state index in [4.69, 9.17) is 0 Å². The predicted molar refractivity (Wildman–Crippen MR) is 96.0 cm³/mol. The average molecular weight is 384 g/mol. The first-order valence-electron chi connectivity index (χ1n) is 7.07. The van der Waals surface area contributed by atoms with Crippen LogP contribution in [0.4, 0.5) is 0 Å². The predicted octanol–water partition coefficient (Wildman–Crippen LogP) is 3.78. The van der Waals surface area contributed by atoms with Crippen LogP contribution in [0, 0.1) is 0 Å². The second-order valence-corrected chi connectivity index (χ2v) is 16.2. The van der Waals surface area contributed by atoms with Gasteiger partial charge in [-0.05, 0) is 0 Å². The van der Waals surface area contributed by atoms with Gasteiger partial charge in [0.25, 0.3) is 0 Å². The average Bonchev–Trinajstić information content (AvgIpc) is 2.45. The number of benzene rings is 2. The van der Waals surface area contributed by atoms with Crippen molar-refractivity contribution in [3.8, 4) is 0 Å². The molecule has 2 aromatic carbocycles. The van der Waals surface area contributed by atoms with Crippen molar-refractivity contribution in [2.75, 3.05) is 0 Å². The van der Waals surface area contributed by atoms with Crippen LogP contribution in [0.1, 0.15) is 11.1 Å². The Bertz CT molecular complexity index is 544. The van der Waals surface area contributed by atoms with Gasteiger partial charge in [0, 0.05) is 0 Å². The fourth-order valence-corrected chi connectivity index (χ4v) is 7.30. The molecule has 0 aliphatic heterocycles. The molecule has 2 radical (unpaired) electrons. The van der Waals surface area contributed by atoms with Crippen LogP contribution in [0.25, 0.3) is 12.2 Å². The van der Waals surface area contributed by atoms with Crippen LogP contribution in [-0.2, 0) is 0 Å². The van der Waals surface area contributed by atoms with Crippen molar-refractivity contribution in [2.24, 2.45) is 0 Å². The van der Waals surface area contributed by atoms with E-state index in [1.165, 1.54) is 11.1 Å². The first-order valence-corrected chi connectivity index (χ1v) is 17.6. The maximum atomic E-state index is 2.42. The molecule has 0 aliphatic rings. The molecule has 0 nitrogen and oxygen atoms in total. The Hall–Kier alpha value is -0.734. The van der Waals surface area contributed by atoms with E-state index in [-0.39, 0.29) is 0 Å². The molecular weight excluding hydrogens is 361 g/mol. The van der Waals surface area contributed by atoms with E-state index in [2.05, 4.69) is 83.7 Å². The Morgan fingerprint density at radius 2 is 0.950 bits per heavy atom. The van der Waals surface area contributed by atoms with Gasteiger partial charge in [0.2, 0.25) is 0 Å². The summed E-state index contributed by atoms with van der Waals surface area (Å²) in [6.45, 7) is 0. The van der Waals surface area contributed by atoms with Crippen molar-refractivity contribution < 1.29 is 0 Å². The van der Waals surface area contributed by atoms with E-state index in [1.807, 2.05) is 0 Å². The normalized spacial score (nSPS) is 11.7. The number of hydrogen-bond acceptors (Lipinski definition) is 0. The molecule has 0 bridgehead atoms. The molecule has 0 aromatic heterocycles. The Morgan fingerprint density at radius 3 is 1.30 bits per heavy atom. The molecule has 0 spiro atoms. The third-order valence-corrected chi connectivity index (χ3v) is 9.87. The third kappa shape index (κ3) is 3.89. The molecule has 0 amide bonds. The summed E-state index contributed by atoms with van der Waals surface area (Å²) >= 11 is -2.06. The van der Waals surface area contributed by atoms with E-state index in [1.54, 1.807) is 8.79 Å². The Labute approximate surface area is 132 Å². The van der Waals surface area contributed by atoms with Crippen LogP contribution in [0.3, 0.4) is 0 Å². The Balaban J connectivity index is 2.35. The van der Waals surface area contributed by atoms with Crippen LogP contribution in [0.2, 0.25) is 23.0 Å². The Morgan fingerprint density at radius 1 is 0.600 bits per heavy atom. The van der Waals surface area contributed by atoms with Crippen molar-refractivity contribution in [3.63, 3.8) is 0 Å². The van der Waals surface area contributed by atoms with Gasteiger partial charge in [-0.15, -0.1) is 0 Å². The second kappa shape index (κ2) is 7.32. The summed E-state index contributed by atoms with van der Waals surface area (Å²) in [5.41, 5.74) is 2.83. The Kier molecular flexibility index (Phi) is 5.73. The zero-order valence-corrected chi connectivity index (χ0v) is 17.0. The molecule has 0 saturated heterocycles. The monoisotopic (exact) mass is 386 g/mol. The molecule has 0 unspecified atom stereocenters. The van der Waals surface area contributed by atoms with E-state index in [9.17, 15) is 0 Å². The second-order valence-electron chi connectivity index (χ2n) is 5.51. The fourth-order valence-electron chi connectivity index (χ4n) is 2.37. The van der Waals surface area contributed by atoms with Gasteiger partial charge in [-0.1, -0.05) is 0 Å². The zero-order chi connectivity index (χ0) is 14.5. The fraction of sp³-hybridized carbons (Fsp3) is 0.222. The van der Waals surface area contributed by atoms with Gasteiger partial charge in [0.05, 0.1) is 0 Å². The summed E-state index contributed by atoms with van der Waals surface area (Å²) in [4.78, 5) is 0. The van der Waals surface area contributed by atoms with Crippen LogP contribution in [-0.4, -0.2) is 28.7 Å². The first kappa shape index (κ1) is 15.7. The van der Waals surface area contributed by atoms with E-state index in [0.29, 0.717) is 0 Å². The van der Waals surface area contributed by atoms with Gasteiger partial charge in [-0.3, -0.25) is 0 Å².